The number of benzene rings is 1. The van der Waals surface area contributed by atoms with E-state index in [1.165, 1.54) is 11.8 Å². The number of aromatic amines is 1. The summed E-state index contributed by atoms with van der Waals surface area (Å²) in [5, 5.41) is 29.0. The van der Waals surface area contributed by atoms with Gasteiger partial charge < -0.3 is 19.1 Å². The summed E-state index contributed by atoms with van der Waals surface area (Å²) in [7, 11) is 1.85. The number of nitriles is 1. The molecule has 1 atom stereocenters. The maximum atomic E-state index is 10.7. The molecule has 0 aliphatic rings. The molecule has 1 aromatic carbocycles. The molecule has 4 rings (SSSR count). The van der Waals surface area contributed by atoms with Crippen molar-refractivity contribution in [2.45, 2.75) is 24.3 Å². The first kappa shape index (κ1) is 18.8. The van der Waals surface area contributed by atoms with E-state index in [0.29, 0.717) is 16.8 Å². The highest BCUT2D eigenvalue weighted by molar-refractivity contribution is 7.99. The molecule has 0 fully saturated rings. The zero-order valence-electron chi connectivity index (χ0n) is 16.0. The number of allylic oxidation sites excluding steroid dienone is 1. The van der Waals surface area contributed by atoms with Crippen LogP contribution in [0.5, 0.6) is 0 Å². The van der Waals surface area contributed by atoms with Crippen LogP contribution in [0.15, 0.2) is 51.9 Å². The van der Waals surface area contributed by atoms with Gasteiger partial charge in [-0.25, -0.2) is 4.98 Å². The van der Waals surface area contributed by atoms with Gasteiger partial charge in [0.2, 0.25) is 0 Å². The minimum absolute atomic E-state index is 0.0689. The van der Waals surface area contributed by atoms with Gasteiger partial charge in [-0.1, -0.05) is 23.9 Å². The molecule has 0 aliphatic heterocycles. The Morgan fingerprint density at radius 3 is 2.79 bits per heavy atom. The lowest BCUT2D eigenvalue weighted by Gasteiger charge is -2.11. The first-order valence-electron chi connectivity index (χ1n) is 8.88. The first-order valence-corrected chi connectivity index (χ1v) is 9.76. The topological polar surface area (TPSA) is 117 Å². The number of thioether (sulfide) groups is 1. The fraction of sp³-hybridized carbons (Fsp3) is 0.200. The second-order valence-electron chi connectivity index (χ2n) is 6.49. The average molecular weight is 406 g/mol. The normalized spacial score (nSPS) is 13.3. The number of hydrogen-bond acceptors (Lipinski definition) is 7. The van der Waals surface area contributed by atoms with Gasteiger partial charge in [0.25, 0.3) is 0 Å². The standard InChI is InChI=1S/C20H18N6O2S/c1-11-13(8-9-28-11)19-24-25-20(26(19)3)29-12(2)17(27)14(10-21)18-22-15-6-4-5-7-16(15)23-18/h4-9,12,27H,1-3H3,(H,22,23)/b17-14-/t12-/m0/s1. The fourth-order valence-electron chi connectivity index (χ4n) is 2.99. The van der Waals surface area contributed by atoms with Crippen LogP contribution < -0.4 is 0 Å². The van der Waals surface area contributed by atoms with E-state index < -0.39 is 5.25 Å². The van der Waals surface area contributed by atoms with E-state index in [9.17, 15) is 10.4 Å². The van der Waals surface area contributed by atoms with Gasteiger partial charge in [-0.2, -0.15) is 5.26 Å². The molecule has 0 amide bonds. The predicted molar refractivity (Wildman–Crippen MR) is 110 cm³/mol. The van der Waals surface area contributed by atoms with Crippen LogP contribution in [0.25, 0.3) is 28.0 Å². The van der Waals surface area contributed by atoms with Gasteiger partial charge in [0.1, 0.15) is 23.2 Å². The number of aliphatic hydroxyl groups excluding tert-OH is 1. The lowest BCUT2D eigenvalue weighted by atomic mass is 10.2. The molecule has 0 radical (unpaired) electrons. The lowest BCUT2D eigenvalue weighted by molar-refractivity contribution is 0.401. The van der Waals surface area contributed by atoms with Crippen molar-refractivity contribution in [2.24, 2.45) is 7.05 Å². The minimum Gasteiger partial charge on any atom is -0.510 e. The monoisotopic (exact) mass is 406 g/mol. The molecule has 0 saturated carbocycles. The molecule has 0 spiro atoms. The van der Waals surface area contributed by atoms with E-state index in [2.05, 4.69) is 26.2 Å². The number of nitrogens with one attached hydrogen (secondary N) is 1. The second-order valence-corrected chi connectivity index (χ2v) is 7.80. The third-order valence-corrected chi connectivity index (χ3v) is 5.74. The summed E-state index contributed by atoms with van der Waals surface area (Å²) in [6.07, 6.45) is 1.61. The molecule has 3 aromatic heterocycles. The van der Waals surface area contributed by atoms with Crippen LogP contribution in [0.4, 0.5) is 0 Å². The van der Waals surface area contributed by atoms with Crippen molar-refractivity contribution < 1.29 is 9.52 Å². The number of nitrogens with zero attached hydrogens (tertiary/aromatic N) is 5. The minimum atomic E-state index is -0.431. The summed E-state index contributed by atoms with van der Waals surface area (Å²) in [5.41, 5.74) is 2.50. The SMILES string of the molecule is Cc1occc1-c1nnc(S[C@@H](C)/C(O)=C(\C#N)c2nc3ccccc3[nH]2)n1C. The number of hydrogen-bond donors (Lipinski definition) is 2. The summed E-state index contributed by atoms with van der Waals surface area (Å²) in [4.78, 5) is 7.49. The summed E-state index contributed by atoms with van der Waals surface area (Å²) in [6.45, 7) is 3.66. The van der Waals surface area contributed by atoms with E-state index in [4.69, 9.17) is 4.42 Å². The number of para-hydroxylation sites is 2. The van der Waals surface area contributed by atoms with Gasteiger partial charge in [-0.05, 0) is 32.0 Å². The smallest absolute Gasteiger partial charge is 0.191 e. The highest BCUT2D eigenvalue weighted by atomic mass is 32.2. The number of furan rings is 1. The Labute approximate surface area is 170 Å². The van der Waals surface area contributed by atoms with Crippen LogP contribution >= 0.6 is 11.8 Å². The number of fused-ring (bicyclic) bond motifs is 1. The molecule has 146 valence electrons. The van der Waals surface area contributed by atoms with Gasteiger partial charge in [-0.3, -0.25) is 0 Å². The molecule has 9 heteroatoms. The Morgan fingerprint density at radius 2 is 2.10 bits per heavy atom. The van der Waals surface area contributed by atoms with Crippen molar-refractivity contribution in [3.05, 3.63) is 53.9 Å². The first-order chi connectivity index (χ1) is 14.0. The molecule has 8 nitrogen and oxygen atoms in total. The number of aryl methyl sites for hydroxylation is 1. The number of imidazole rings is 1. The molecule has 3 heterocycles. The van der Waals surface area contributed by atoms with Crippen molar-refractivity contribution in [3.8, 4) is 17.5 Å². The Bertz CT molecular complexity index is 1230. The van der Waals surface area contributed by atoms with E-state index >= 15 is 0 Å². The van der Waals surface area contributed by atoms with E-state index in [0.717, 1.165) is 22.4 Å². The van der Waals surface area contributed by atoms with Crippen molar-refractivity contribution in [2.75, 3.05) is 0 Å². The molecule has 0 bridgehead atoms. The molecule has 2 N–H and O–H groups in total. The third-order valence-electron chi connectivity index (χ3n) is 4.60. The van der Waals surface area contributed by atoms with Crippen LogP contribution in [0.1, 0.15) is 18.5 Å². The van der Waals surface area contributed by atoms with Gasteiger partial charge in [0, 0.05) is 7.05 Å². The Morgan fingerprint density at radius 1 is 1.31 bits per heavy atom. The maximum absolute atomic E-state index is 10.7. The van der Waals surface area contributed by atoms with Crippen LogP contribution in [0.3, 0.4) is 0 Å². The van der Waals surface area contributed by atoms with Gasteiger partial charge in [0.05, 0.1) is 28.1 Å². The molecule has 0 aliphatic carbocycles. The van der Waals surface area contributed by atoms with E-state index in [-0.39, 0.29) is 11.3 Å². The molecule has 4 aromatic rings. The number of aliphatic hydroxyl groups is 1. The number of H-pyrrole nitrogens is 1. The predicted octanol–water partition coefficient (Wildman–Crippen LogP) is 4.23. The van der Waals surface area contributed by atoms with Gasteiger partial charge >= 0.3 is 0 Å². The zero-order chi connectivity index (χ0) is 20.5. The van der Waals surface area contributed by atoms with Crippen molar-refractivity contribution in [3.63, 3.8) is 0 Å². The summed E-state index contributed by atoms with van der Waals surface area (Å²) in [5.74, 6) is 1.70. The summed E-state index contributed by atoms with van der Waals surface area (Å²) >= 11 is 1.31. The summed E-state index contributed by atoms with van der Waals surface area (Å²) in [6, 6.07) is 11.4. The number of rotatable bonds is 5. The number of aromatic nitrogens is 5. The summed E-state index contributed by atoms with van der Waals surface area (Å²) < 4.78 is 7.17. The van der Waals surface area contributed by atoms with Crippen molar-refractivity contribution in [1.29, 1.82) is 5.26 Å². The van der Waals surface area contributed by atoms with E-state index in [1.54, 1.807) is 13.2 Å². The van der Waals surface area contributed by atoms with E-state index in [1.807, 2.05) is 48.9 Å². The molecule has 0 saturated heterocycles. The molecule has 29 heavy (non-hydrogen) atoms. The fourth-order valence-corrected chi connectivity index (χ4v) is 3.87. The average Bonchev–Trinajstić information content (AvgIpc) is 3.41. The molecular formula is C20H18N6O2S. The highest BCUT2D eigenvalue weighted by Gasteiger charge is 2.22. The van der Waals surface area contributed by atoms with Crippen molar-refractivity contribution >= 4 is 28.4 Å². The van der Waals surface area contributed by atoms with Gasteiger partial charge in [0.15, 0.2) is 16.8 Å². The zero-order valence-corrected chi connectivity index (χ0v) is 16.9. The van der Waals surface area contributed by atoms with Gasteiger partial charge in [-0.15, -0.1) is 10.2 Å². The molecule has 0 unspecified atom stereocenters. The third kappa shape index (κ3) is 3.39. The van der Waals surface area contributed by atoms with Crippen LogP contribution in [0.2, 0.25) is 0 Å². The van der Waals surface area contributed by atoms with Crippen LogP contribution in [-0.4, -0.2) is 35.1 Å². The highest BCUT2D eigenvalue weighted by Crippen LogP contribution is 2.32. The molecular weight excluding hydrogens is 388 g/mol. The van der Waals surface area contributed by atoms with Crippen molar-refractivity contribution in [1.82, 2.24) is 24.7 Å². The Balaban J connectivity index is 1.63. The quantitative estimate of drug-likeness (QED) is 0.289. The Kier molecular flexibility index (Phi) is 4.86. The van der Waals surface area contributed by atoms with Crippen LogP contribution in [0, 0.1) is 18.3 Å². The lowest BCUT2D eigenvalue weighted by Crippen LogP contribution is -2.06. The second kappa shape index (κ2) is 7.48. The van der Waals surface area contributed by atoms with Crippen LogP contribution in [-0.2, 0) is 7.05 Å². The maximum Gasteiger partial charge on any atom is 0.191 e. The Hall–Kier alpha value is -3.51. The largest absolute Gasteiger partial charge is 0.510 e.